The van der Waals surface area contributed by atoms with E-state index in [0.29, 0.717) is 11.1 Å². The average molecular weight is 612 g/mol. The van der Waals surface area contributed by atoms with Crippen molar-refractivity contribution in [2.45, 2.75) is 0 Å². The van der Waals surface area contributed by atoms with Crippen LogP contribution < -0.4 is 0 Å². The third kappa shape index (κ3) is 4.13. The Morgan fingerprint density at radius 1 is 0.458 bits per heavy atom. The Morgan fingerprint density at radius 3 is 1.83 bits per heavy atom. The topological polar surface area (TPSA) is 70.3 Å². The Balaban J connectivity index is 1.41. The van der Waals surface area contributed by atoms with Crippen LogP contribution in [0.15, 0.2) is 152 Å². The molecule has 0 aliphatic heterocycles. The molecule has 48 heavy (non-hydrogen) atoms. The Kier molecular flexibility index (Phi) is 6.18. The van der Waals surface area contributed by atoms with Crippen LogP contribution >= 0.6 is 0 Å². The van der Waals surface area contributed by atoms with E-state index >= 15 is 0 Å². The van der Waals surface area contributed by atoms with Crippen molar-refractivity contribution >= 4 is 43.7 Å². The maximum absolute atomic E-state index is 10.0. The molecule has 222 valence electrons. The molecule has 3 heterocycles. The van der Waals surface area contributed by atoms with Gasteiger partial charge in [-0.25, -0.2) is 4.98 Å². The number of nitriles is 2. The number of hydrogen-bond acceptors (Lipinski definition) is 3. The number of rotatable bonds is 4. The second kappa shape index (κ2) is 10.8. The monoisotopic (exact) mass is 611 g/mol. The third-order valence-electron chi connectivity index (χ3n) is 9.23. The molecule has 6 aromatic carbocycles. The highest BCUT2D eigenvalue weighted by molar-refractivity contribution is 6.10. The molecule has 0 radical (unpaired) electrons. The van der Waals surface area contributed by atoms with Gasteiger partial charge in [0.2, 0.25) is 0 Å². The molecule has 0 amide bonds. The fourth-order valence-electron chi connectivity index (χ4n) is 7.17. The van der Waals surface area contributed by atoms with Gasteiger partial charge < -0.3 is 4.57 Å². The van der Waals surface area contributed by atoms with Gasteiger partial charge in [0.25, 0.3) is 0 Å². The van der Waals surface area contributed by atoms with Gasteiger partial charge in [0.05, 0.1) is 45.5 Å². The number of nitrogens with zero attached hydrogens (tertiary/aromatic N) is 5. The lowest BCUT2D eigenvalue weighted by Gasteiger charge is -2.17. The number of para-hydroxylation sites is 2. The highest BCUT2D eigenvalue weighted by Gasteiger charge is 2.19. The van der Waals surface area contributed by atoms with Gasteiger partial charge in [-0.05, 0) is 83.4 Å². The molecule has 0 spiro atoms. The van der Waals surface area contributed by atoms with Crippen LogP contribution in [0.5, 0.6) is 0 Å². The number of pyridine rings is 1. The van der Waals surface area contributed by atoms with Gasteiger partial charge in [-0.15, -0.1) is 0 Å². The maximum atomic E-state index is 10.0. The predicted molar refractivity (Wildman–Crippen MR) is 193 cm³/mol. The van der Waals surface area contributed by atoms with E-state index in [1.807, 2.05) is 72.9 Å². The SMILES string of the molecule is N#Cc1ccc2c(c1)c1ccccc1n2-c1cc(-c2ccccc2-c2ccccc2C#N)cc(-n2c3ccccc3c3cccnc32)c1. The number of hydrogen-bond donors (Lipinski definition) is 0. The zero-order chi connectivity index (χ0) is 32.2. The fraction of sp³-hybridized carbons (Fsp3) is 0. The molecule has 0 unspecified atom stereocenters. The van der Waals surface area contributed by atoms with E-state index in [-0.39, 0.29) is 0 Å². The molecule has 5 heteroatoms. The molecule has 0 aliphatic rings. The summed E-state index contributed by atoms with van der Waals surface area (Å²) in [6.45, 7) is 0. The molecule has 9 aromatic rings. The standard InChI is InChI=1S/C43H25N5/c44-26-28-19-20-42-39(22-28)37-15-6-7-17-40(37)47(42)31-23-30(34-12-3-4-13-35(34)33-11-2-1-10-29(33)27-45)24-32(25-31)48-41-18-8-5-14-36(41)38-16-9-21-46-43(38)48/h1-25H. The Hall–Kier alpha value is -6.95. The first-order chi connectivity index (χ1) is 23.7. The Morgan fingerprint density at radius 2 is 1.06 bits per heavy atom. The van der Waals surface area contributed by atoms with E-state index in [2.05, 4.69) is 100 Å². The van der Waals surface area contributed by atoms with E-state index in [0.717, 1.165) is 77.4 Å². The average Bonchev–Trinajstić information content (AvgIpc) is 3.67. The predicted octanol–water partition coefficient (Wildman–Crippen LogP) is 10.4. The van der Waals surface area contributed by atoms with Crippen LogP contribution in [0.4, 0.5) is 0 Å². The van der Waals surface area contributed by atoms with Gasteiger partial charge in [-0.3, -0.25) is 4.57 Å². The molecule has 0 saturated heterocycles. The minimum atomic E-state index is 0.626. The number of fused-ring (bicyclic) bond motifs is 6. The molecule has 0 atom stereocenters. The fourth-order valence-corrected chi connectivity index (χ4v) is 7.17. The van der Waals surface area contributed by atoms with E-state index in [1.165, 1.54) is 0 Å². The van der Waals surface area contributed by atoms with E-state index in [9.17, 15) is 10.5 Å². The van der Waals surface area contributed by atoms with Crippen molar-refractivity contribution in [3.05, 3.63) is 163 Å². The summed E-state index contributed by atoms with van der Waals surface area (Å²) in [5.74, 6) is 0. The molecule has 3 aromatic heterocycles. The zero-order valence-electron chi connectivity index (χ0n) is 25.7. The summed E-state index contributed by atoms with van der Waals surface area (Å²) in [6.07, 6.45) is 1.84. The van der Waals surface area contributed by atoms with Gasteiger partial charge in [-0.2, -0.15) is 10.5 Å². The van der Waals surface area contributed by atoms with Crippen molar-refractivity contribution in [1.29, 1.82) is 10.5 Å². The third-order valence-corrected chi connectivity index (χ3v) is 9.23. The van der Waals surface area contributed by atoms with Crippen molar-refractivity contribution in [3.8, 4) is 45.8 Å². The summed E-state index contributed by atoms with van der Waals surface area (Å²) in [5, 5.41) is 24.1. The molecule has 0 aliphatic carbocycles. The summed E-state index contributed by atoms with van der Waals surface area (Å²) in [4.78, 5) is 4.89. The van der Waals surface area contributed by atoms with Gasteiger partial charge in [0.15, 0.2) is 0 Å². The van der Waals surface area contributed by atoms with Crippen molar-refractivity contribution < 1.29 is 0 Å². The molecule has 9 rings (SSSR count). The highest BCUT2D eigenvalue weighted by atomic mass is 15.1. The molecule has 5 nitrogen and oxygen atoms in total. The van der Waals surface area contributed by atoms with Crippen LogP contribution in [-0.2, 0) is 0 Å². The number of benzene rings is 6. The second-order valence-electron chi connectivity index (χ2n) is 11.9. The minimum absolute atomic E-state index is 0.626. The van der Waals surface area contributed by atoms with Crippen molar-refractivity contribution in [2.24, 2.45) is 0 Å². The van der Waals surface area contributed by atoms with E-state index < -0.39 is 0 Å². The first-order valence-corrected chi connectivity index (χ1v) is 15.8. The largest absolute Gasteiger partial charge is 0.309 e. The van der Waals surface area contributed by atoms with Crippen LogP contribution in [-0.4, -0.2) is 14.1 Å². The van der Waals surface area contributed by atoms with Crippen LogP contribution in [0, 0.1) is 22.7 Å². The smallest absolute Gasteiger partial charge is 0.145 e. The summed E-state index contributed by atoms with van der Waals surface area (Å²) < 4.78 is 4.52. The van der Waals surface area contributed by atoms with Crippen LogP contribution in [0.25, 0.3) is 77.4 Å². The summed E-state index contributed by atoms with van der Waals surface area (Å²) in [5.41, 5.74) is 11.1. The maximum Gasteiger partial charge on any atom is 0.145 e. The molecule has 0 fully saturated rings. The second-order valence-corrected chi connectivity index (χ2v) is 11.9. The van der Waals surface area contributed by atoms with Crippen molar-refractivity contribution in [2.75, 3.05) is 0 Å². The summed E-state index contributed by atoms with van der Waals surface area (Å²) in [7, 11) is 0. The lowest BCUT2D eigenvalue weighted by atomic mass is 9.91. The lowest BCUT2D eigenvalue weighted by Crippen LogP contribution is -2.01. The Labute approximate surface area is 276 Å². The number of aromatic nitrogens is 3. The van der Waals surface area contributed by atoms with Gasteiger partial charge in [-0.1, -0.05) is 78.9 Å². The van der Waals surface area contributed by atoms with Crippen LogP contribution in [0.2, 0.25) is 0 Å². The lowest BCUT2D eigenvalue weighted by molar-refractivity contribution is 1.11. The summed E-state index contributed by atoms with van der Waals surface area (Å²) >= 11 is 0. The van der Waals surface area contributed by atoms with E-state index in [1.54, 1.807) is 0 Å². The Bertz CT molecular complexity index is 2770. The normalized spacial score (nSPS) is 11.3. The first kappa shape index (κ1) is 27.4. The highest BCUT2D eigenvalue weighted by Crippen LogP contribution is 2.40. The van der Waals surface area contributed by atoms with Gasteiger partial charge in [0, 0.05) is 39.0 Å². The van der Waals surface area contributed by atoms with Crippen LogP contribution in [0.1, 0.15) is 11.1 Å². The molecular weight excluding hydrogens is 587 g/mol. The zero-order valence-corrected chi connectivity index (χ0v) is 25.7. The van der Waals surface area contributed by atoms with Crippen molar-refractivity contribution in [3.63, 3.8) is 0 Å². The van der Waals surface area contributed by atoms with Crippen LogP contribution in [0.3, 0.4) is 0 Å². The molecule has 0 saturated carbocycles. The summed E-state index contributed by atoms with van der Waals surface area (Å²) in [6, 6.07) is 54.2. The van der Waals surface area contributed by atoms with Gasteiger partial charge >= 0.3 is 0 Å². The van der Waals surface area contributed by atoms with E-state index in [4.69, 9.17) is 4.98 Å². The molecule has 0 bridgehead atoms. The molecule has 0 N–H and O–H groups in total. The minimum Gasteiger partial charge on any atom is -0.309 e. The quantitative estimate of drug-likeness (QED) is 0.199. The molecular formula is C43H25N5. The van der Waals surface area contributed by atoms with Gasteiger partial charge in [0.1, 0.15) is 5.65 Å². The van der Waals surface area contributed by atoms with Crippen molar-refractivity contribution in [1.82, 2.24) is 14.1 Å². The first-order valence-electron chi connectivity index (χ1n) is 15.8.